The standard InChI is InChI=1S/C17H17Cl2N5O/c18-14-2-1-13(11-15(14)19)12-24(22-7-9-25-10-8-22)17-4-3-16-20-5-6-23(16)21-17/h1-6,11H,7-10,12H2. The lowest BCUT2D eigenvalue weighted by Crippen LogP contribution is -2.49. The first kappa shape index (κ1) is 16.6. The molecule has 3 heterocycles. The first-order valence-electron chi connectivity index (χ1n) is 8.05. The number of hydrogen-bond acceptors (Lipinski definition) is 5. The first-order valence-corrected chi connectivity index (χ1v) is 8.81. The molecule has 8 heteroatoms. The molecule has 0 amide bonds. The molecule has 1 fully saturated rings. The lowest BCUT2D eigenvalue weighted by molar-refractivity contribution is 0.0302. The summed E-state index contributed by atoms with van der Waals surface area (Å²) in [5.74, 6) is 0.846. The Balaban J connectivity index is 1.68. The molecule has 0 saturated carbocycles. The molecule has 130 valence electrons. The van der Waals surface area contributed by atoms with Crippen LogP contribution in [0.15, 0.2) is 42.7 Å². The highest BCUT2D eigenvalue weighted by Crippen LogP contribution is 2.25. The van der Waals surface area contributed by atoms with Gasteiger partial charge in [-0.15, -0.1) is 5.10 Å². The number of nitrogens with zero attached hydrogens (tertiary/aromatic N) is 5. The van der Waals surface area contributed by atoms with E-state index in [1.807, 2.05) is 36.5 Å². The highest BCUT2D eigenvalue weighted by Gasteiger charge is 2.21. The third kappa shape index (κ3) is 3.57. The van der Waals surface area contributed by atoms with Crippen LogP contribution in [0.25, 0.3) is 5.65 Å². The highest BCUT2D eigenvalue weighted by atomic mass is 35.5. The Morgan fingerprint density at radius 3 is 2.72 bits per heavy atom. The minimum Gasteiger partial charge on any atom is -0.379 e. The van der Waals surface area contributed by atoms with Crippen LogP contribution in [0, 0.1) is 0 Å². The average molecular weight is 378 g/mol. The molecule has 0 unspecified atom stereocenters. The van der Waals surface area contributed by atoms with Crippen molar-refractivity contribution in [3.63, 3.8) is 0 Å². The maximum absolute atomic E-state index is 6.18. The van der Waals surface area contributed by atoms with Crippen molar-refractivity contribution in [2.75, 3.05) is 31.3 Å². The number of hydrogen-bond donors (Lipinski definition) is 0. The number of rotatable bonds is 4. The normalized spacial score (nSPS) is 15.6. The number of fused-ring (bicyclic) bond motifs is 1. The van der Waals surface area contributed by atoms with E-state index in [-0.39, 0.29) is 0 Å². The predicted octanol–water partition coefficient (Wildman–Crippen LogP) is 3.29. The van der Waals surface area contributed by atoms with Crippen molar-refractivity contribution in [2.24, 2.45) is 0 Å². The number of ether oxygens (including phenoxy) is 1. The fourth-order valence-electron chi connectivity index (χ4n) is 2.87. The zero-order valence-electron chi connectivity index (χ0n) is 13.5. The van der Waals surface area contributed by atoms with Gasteiger partial charge in [-0.1, -0.05) is 29.3 Å². The molecule has 4 rings (SSSR count). The van der Waals surface area contributed by atoms with Crippen LogP contribution in [0.4, 0.5) is 5.82 Å². The Hall–Kier alpha value is -1.86. The zero-order chi connectivity index (χ0) is 17.2. The Labute approximate surface area is 155 Å². The molecule has 1 saturated heterocycles. The molecule has 6 nitrogen and oxygen atoms in total. The molecule has 1 aliphatic heterocycles. The number of imidazole rings is 1. The van der Waals surface area contributed by atoms with Crippen LogP contribution in [0.5, 0.6) is 0 Å². The van der Waals surface area contributed by atoms with Gasteiger partial charge in [0.2, 0.25) is 0 Å². The van der Waals surface area contributed by atoms with E-state index in [4.69, 9.17) is 27.9 Å². The molecule has 0 spiro atoms. The van der Waals surface area contributed by atoms with Crippen LogP contribution < -0.4 is 5.01 Å². The molecule has 0 aliphatic carbocycles. The van der Waals surface area contributed by atoms with E-state index in [9.17, 15) is 0 Å². The zero-order valence-corrected chi connectivity index (χ0v) is 15.0. The molecule has 0 N–H and O–H groups in total. The van der Waals surface area contributed by atoms with Crippen LogP contribution in [-0.4, -0.2) is 45.9 Å². The molecule has 0 radical (unpaired) electrons. The van der Waals surface area contributed by atoms with Gasteiger partial charge in [-0.3, -0.25) is 5.01 Å². The summed E-state index contributed by atoms with van der Waals surface area (Å²) in [5.41, 5.74) is 1.88. The van der Waals surface area contributed by atoms with Gasteiger partial charge >= 0.3 is 0 Å². The largest absolute Gasteiger partial charge is 0.379 e. The summed E-state index contributed by atoms with van der Waals surface area (Å²) in [5, 5.41) is 10.2. The fraction of sp³-hybridized carbons (Fsp3) is 0.294. The highest BCUT2D eigenvalue weighted by molar-refractivity contribution is 6.42. The summed E-state index contributed by atoms with van der Waals surface area (Å²) < 4.78 is 7.26. The van der Waals surface area contributed by atoms with Crippen molar-refractivity contribution in [1.29, 1.82) is 0 Å². The molecule has 1 aromatic carbocycles. The predicted molar refractivity (Wildman–Crippen MR) is 98.0 cm³/mol. The minimum atomic E-state index is 0.555. The molecule has 2 aromatic heterocycles. The summed E-state index contributed by atoms with van der Waals surface area (Å²) in [7, 11) is 0. The van der Waals surface area contributed by atoms with Crippen LogP contribution in [0.2, 0.25) is 10.0 Å². The number of morpholine rings is 1. The van der Waals surface area contributed by atoms with Gasteiger partial charge in [0.25, 0.3) is 0 Å². The Kier molecular flexibility index (Phi) is 4.76. The summed E-state index contributed by atoms with van der Waals surface area (Å²) in [4.78, 5) is 4.25. The van der Waals surface area contributed by atoms with E-state index in [2.05, 4.69) is 20.1 Å². The number of halogens is 2. The minimum absolute atomic E-state index is 0.555. The average Bonchev–Trinajstić information content (AvgIpc) is 3.11. The molecular formula is C17H17Cl2N5O. The maximum Gasteiger partial charge on any atom is 0.164 e. The van der Waals surface area contributed by atoms with E-state index in [0.29, 0.717) is 29.8 Å². The van der Waals surface area contributed by atoms with Gasteiger partial charge in [0.1, 0.15) is 0 Å². The quantitative estimate of drug-likeness (QED) is 0.697. The SMILES string of the molecule is Clc1ccc(CN(c2ccc3nccn3n2)N2CCOCC2)cc1Cl. The Morgan fingerprint density at radius 2 is 1.92 bits per heavy atom. The molecule has 0 atom stereocenters. The number of benzene rings is 1. The van der Waals surface area contributed by atoms with Gasteiger partial charge in [0, 0.05) is 25.5 Å². The van der Waals surface area contributed by atoms with Crippen molar-refractivity contribution < 1.29 is 4.74 Å². The molecule has 0 bridgehead atoms. The summed E-state index contributed by atoms with van der Waals surface area (Å²) in [6, 6.07) is 9.65. The second kappa shape index (κ2) is 7.17. The Bertz CT molecular complexity index is 878. The smallest absolute Gasteiger partial charge is 0.164 e. The van der Waals surface area contributed by atoms with Crippen molar-refractivity contribution in [1.82, 2.24) is 19.6 Å². The lowest BCUT2D eigenvalue weighted by Gasteiger charge is -2.38. The van der Waals surface area contributed by atoms with Crippen LogP contribution >= 0.6 is 23.2 Å². The number of hydrazine groups is 1. The van der Waals surface area contributed by atoms with Gasteiger partial charge < -0.3 is 4.74 Å². The van der Waals surface area contributed by atoms with Crippen LogP contribution in [0.1, 0.15) is 5.56 Å². The summed E-state index contributed by atoms with van der Waals surface area (Å²) in [6.07, 6.45) is 3.58. The van der Waals surface area contributed by atoms with E-state index in [0.717, 1.165) is 30.1 Å². The first-order chi connectivity index (χ1) is 12.2. The van der Waals surface area contributed by atoms with Gasteiger partial charge in [0.05, 0.1) is 29.8 Å². The van der Waals surface area contributed by atoms with Gasteiger partial charge in [-0.2, -0.15) is 0 Å². The van der Waals surface area contributed by atoms with E-state index in [1.165, 1.54) is 0 Å². The fourth-order valence-corrected chi connectivity index (χ4v) is 3.20. The molecular weight excluding hydrogens is 361 g/mol. The Morgan fingerprint density at radius 1 is 1.08 bits per heavy atom. The molecule has 3 aromatic rings. The van der Waals surface area contributed by atoms with Crippen molar-refractivity contribution >= 4 is 34.7 Å². The van der Waals surface area contributed by atoms with Gasteiger partial charge in [0.15, 0.2) is 11.5 Å². The summed E-state index contributed by atoms with van der Waals surface area (Å²) >= 11 is 12.2. The maximum atomic E-state index is 6.18. The monoisotopic (exact) mass is 377 g/mol. The van der Waals surface area contributed by atoms with Crippen molar-refractivity contribution in [3.8, 4) is 0 Å². The van der Waals surface area contributed by atoms with E-state index >= 15 is 0 Å². The summed E-state index contributed by atoms with van der Waals surface area (Å²) in [6.45, 7) is 3.66. The third-order valence-electron chi connectivity index (χ3n) is 4.15. The van der Waals surface area contributed by atoms with Crippen molar-refractivity contribution in [2.45, 2.75) is 6.54 Å². The van der Waals surface area contributed by atoms with Crippen molar-refractivity contribution in [3.05, 3.63) is 58.3 Å². The van der Waals surface area contributed by atoms with Gasteiger partial charge in [-0.25, -0.2) is 14.5 Å². The topological polar surface area (TPSA) is 45.9 Å². The third-order valence-corrected chi connectivity index (χ3v) is 4.89. The lowest BCUT2D eigenvalue weighted by atomic mass is 10.2. The van der Waals surface area contributed by atoms with Gasteiger partial charge in [-0.05, 0) is 29.8 Å². The van der Waals surface area contributed by atoms with Crippen LogP contribution in [0.3, 0.4) is 0 Å². The number of aromatic nitrogens is 3. The number of anilines is 1. The van der Waals surface area contributed by atoms with E-state index < -0.39 is 0 Å². The molecule has 25 heavy (non-hydrogen) atoms. The van der Waals surface area contributed by atoms with E-state index in [1.54, 1.807) is 10.7 Å². The van der Waals surface area contributed by atoms with Crippen LogP contribution in [-0.2, 0) is 11.3 Å². The second-order valence-corrected chi connectivity index (χ2v) is 6.61. The molecule has 1 aliphatic rings. The second-order valence-electron chi connectivity index (χ2n) is 5.79.